The van der Waals surface area contributed by atoms with Crippen LogP contribution in [0.3, 0.4) is 0 Å². The van der Waals surface area contributed by atoms with Crippen molar-refractivity contribution in [3.05, 3.63) is 90.5 Å². The molecule has 0 saturated carbocycles. The number of allylic oxidation sites excluding steroid dienone is 2. The molecular formula is C27H22Br2S2. The summed E-state index contributed by atoms with van der Waals surface area (Å²) in [6.07, 6.45) is 3.60. The summed E-state index contributed by atoms with van der Waals surface area (Å²) in [5, 5.41) is 0. The van der Waals surface area contributed by atoms with Gasteiger partial charge in [-0.25, -0.2) is 0 Å². The van der Waals surface area contributed by atoms with Crippen LogP contribution in [0.2, 0.25) is 0 Å². The van der Waals surface area contributed by atoms with E-state index in [-0.39, 0.29) is 0 Å². The smallest absolute Gasteiger partial charge is 0.0351 e. The minimum absolute atomic E-state index is 1.13. The summed E-state index contributed by atoms with van der Waals surface area (Å²) in [7, 11) is 0. The maximum absolute atomic E-state index is 3.55. The van der Waals surface area contributed by atoms with Gasteiger partial charge in [0.05, 0.1) is 0 Å². The molecular weight excluding hydrogens is 548 g/mol. The molecule has 0 spiro atoms. The maximum atomic E-state index is 3.55. The lowest BCUT2D eigenvalue weighted by molar-refractivity contribution is 0.941. The Labute approximate surface area is 208 Å². The van der Waals surface area contributed by atoms with Gasteiger partial charge in [0.15, 0.2) is 0 Å². The van der Waals surface area contributed by atoms with E-state index in [4.69, 9.17) is 0 Å². The molecule has 1 aliphatic carbocycles. The zero-order chi connectivity index (χ0) is 21.5. The van der Waals surface area contributed by atoms with E-state index in [1.165, 1.54) is 61.0 Å². The predicted octanol–water partition coefficient (Wildman–Crippen LogP) is 10.4. The fraction of sp³-hybridized carbons (Fsp3) is 0.185. The van der Waals surface area contributed by atoms with Crippen molar-refractivity contribution in [2.24, 2.45) is 0 Å². The van der Waals surface area contributed by atoms with Gasteiger partial charge in [-0.15, -0.1) is 22.7 Å². The van der Waals surface area contributed by atoms with Gasteiger partial charge in [-0.05, 0) is 103 Å². The van der Waals surface area contributed by atoms with Crippen molar-refractivity contribution in [1.82, 2.24) is 0 Å². The molecule has 0 nitrogen and oxygen atoms in total. The molecule has 2 aromatic heterocycles. The van der Waals surface area contributed by atoms with Crippen molar-refractivity contribution in [2.45, 2.75) is 33.1 Å². The van der Waals surface area contributed by atoms with Crippen molar-refractivity contribution in [1.29, 1.82) is 0 Å². The van der Waals surface area contributed by atoms with Gasteiger partial charge in [-0.1, -0.05) is 56.1 Å². The van der Waals surface area contributed by atoms with Gasteiger partial charge in [0, 0.05) is 28.5 Å². The van der Waals surface area contributed by atoms with Crippen LogP contribution >= 0.6 is 54.5 Å². The number of thiophene rings is 2. The Morgan fingerprint density at radius 1 is 0.613 bits per heavy atom. The summed E-state index contributed by atoms with van der Waals surface area (Å²) in [6, 6.07) is 22.2. The number of halogens is 2. The normalized spacial score (nSPS) is 13.9. The van der Waals surface area contributed by atoms with Crippen molar-refractivity contribution in [3.63, 3.8) is 0 Å². The number of hydrogen-bond donors (Lipinski definition) is 0. The molecule has 0 bridgehead atoms. The molecule has 0 fully saturated rings. The lowest BCUT2D eigenvalue weighted by Crippen LogP contribution is -1.86. The first kappa shape index (κ1) is 21.4. The van der Waals surface area contributed by atoms with Crippen molar-refractivity contribution in [2.75, 3.05) is 0 Å². The van der Waals surface area contributed by atoms with Gasteiger partial charge in [-0.3, -0.25) is 0 Å². The second-order valence-corrected chi connectivity index (χ2v) is 12.3. The second kappa shape index (κ2) is 8.82. The summed E-state index contributed by atoms with van der Waals surface area (Å²) >= 11 is 10.9. The molecule has 4 heteroatoms. The van der Waals surface area contributed by atoms with Gasteiger partial charge in [0.2, 0.25) is 0 Å². The summed E-state index contributed by atoms with van der Waals surface area (Å²) in [5.74, 6) is 0. The van der Waals surface area contributed by atoms with E-state index in [0.29, 0.717) is 0 Å². The fourth-order valence-corrected chi connectivity index (χ4v) is 7.05. The third kappa shape index (κ3) is 4.28. The Bertz CT molecular complexity index is 1170. The fourth-order valence-electron chi connectivity index (χ4n) is 4.41. The Hall–Kier alpha value is -1.46. The van der Waals surface area contributed by atoms with Gasteiger partial charge in [0.25, 0.3) is 0 Å². The highest BCUT2D eigenvalue weighted by Crippen LogP contribution is 2.47. The highest BCUT2D eigenvalue weighted by molar-refractivity contribution is 9.10. The van der Waals surface area contributed by atoms with E-state index in [1.807, 2.05) is 22.7 Å². The van der Waals surface area contributed by atoms with Crippen LogP contribution in [0, 0.1) is 13.8 Å². The maximum Gasteiger partial charge on any atom is 0.0351 e. The molecule has 0 unspecified atom stereocenters. The molecule has 2 aromatic carbocycles. The van der Waals surface area contributed by atoms with Crippen molar-refractivity contribution < 1.29 is 0 Å². The molecule has 31 heavy (non-hydrogen) atoms. The van der Waals surface area contributed by atoms with Gasteiger partial charge in [0.1, 0.15) is 0 Å². The summed E-state index contributed by atoms with van der Waals surface area (Å²) in [4.78, 5) is 5.56. The molecule has 1 aliphatic rings. The molecule has 2 heterocycles. The van der Waals surface area contributed by atoms with Crippen LogP contribution in [0.4, 0.5) is 0 Å². The van der Waals surface area contributed by atoms with Crippen LogP contribution in [0.1, 0.15) is 40.1 Å². The third-order valence-corrected chi connectivity index (χ3v) is 9.22. The molecule has 156 valence electrons. The number of benzene rings is 2. The standard InChI is InChI=1S/C27H22Br2S2/c1-16-24(14-26(30-16)18-6-10-20(28)11-7-18)22-4-3-5-23(22)25-15-27(31-17(25)2)19-8-12-21(29)13-9-19/h6-15H,3-5H2,1-2H3. The number of aryl methyl sites for hydroxylation is 2. The van der Waals surface area contributed by atoms with Crippen LogP contribution in [0.5, 0.6) is 0 Å². The zero-order valence-corrected chi connectivity index (χ0v) is 22.3. The van der Waals surface area contributed by atoms with Gasteiger partial charge >= 0.3 is 0 Å². The first-order valence-electron chi connectivity index (χ1n) is 10.4. The molecule has 0 saturated heterocycles. The van der Waals surface area contributed by atoms with E-state index in [9.17, 15) is 0 Å². The first-order valence-corrected chi connectivity index (χ1v) is 13.7. The third-order valence-electron chi connectivity index (χ3n) is 5.96. The molecule has 5 rings (SSSR count). The Morgan fingerprint density at radius 3 is 1.39 bits per heavy atom. The highest BCUT2D eigenvalue weighted by atomic mass is 79.9. The monoisotopic (exact) mass is 568 g/mol. The molecule has 4 aromatic rings. The number of hydrogen-bond acceptors (Lipinski definition) is 2. The molecule has 0 aliphatic heterocycles. The quantitative estimate of drug-likeness (QED) is 0.229. The van der Waals surface area contributed by atoms with E-state index in [1.54, 1.807) is 11.1 Å². The lowest BCUT2D eigenvalue weighted by atomic mass is 9.96. The summed E-state index contributed by atoms with van der Waals surface area (Å²) in [5.41, 5.74) is 8.61. The molecule has 0 N–H and O–H groups in total. The van der Waals surface area contributed by atoms with E-state index in [2.05, 4.69) is 106 Å². The summed E-state index contributed by atoms with van der Waals surface area (Å²) in [6.45, 7) is 4.55. The molecule has 0 atom stereocenters. The van der Waals surface area contributed by atoms with Crippen LogP contribution in [0.25, 0.3) is 32.0 Å². The average Bonchev–Trinajstić information content (AvgIpc) is 3.47. The molecule has 0 amide bonds. The van der Waals surface area contributed by atoms with E-state index < -0.39 is 0 Å². The lowest BCUT2D eigenvalue weighted by Gasteiger charge is -2.07. The number of rotatable bonds is 4. The average molecular weight is 570 g/mol. The van der Waals surface area contributed by atoms with Gasteiger partial charge in [-0.2, -0.15) is 0 Å². The summed E-state index contributed by atoms with van der Waals surface area (Å²) < 4.78 is 2.25. The van der Waals surface area contributed by atoms with Crippen LogP contribution in [0.15, 0.2) is 69.6 Å². The Balaban J connectivity index is 1.55. The SMILES string of the molecule is Cc1sc(-c2ccc(Br)cc2)cc1C1=C(c2cc(-c3ccc(Br)cc3)sc2C)CCC1. The zero-order valence-electron chi connectivity index (χ0n) is 17.5. The van der Waals surface area contributed by atoms with Crippen LogP contribution in [-0.4, -0.2) is 0 Å². The predicted molar refractivity (Wildman–Crippen MR) is 145 cm³/mol. The van der Waals surface area contributed by atoms with Crippen molar-refractivity contribution in [3.8, 4) is 20.9 Å². The van der Waals surface area contributed by atoms with Gasteiger partial charge < -0.3 is 0 Å². The first-order chi connectivity index (χ1) is 15.0. The Kier molecular flexibility index (Phi) is 6.09. The second-order valence-electron chi connectivity index (χ2n) is 7.99. The van der Waals surface area contributed by atoms with Crippen LogP contribution < -0.4 is 0 Å². The Morgan fingerprint density at radius 2 is 1.00 bits per heavy atom. The topological polar surface area (TPSA) is 0 Å². The molecule has 0 radical (unpaired) electrons. The van der Waals surface area contributed by atoms with Crippen molar-refractivity contribution >= 4 is 65.7 Å². The minimum atomic E-state index is 1.13. The largest absolute Gasteiger partial charge is 0.140 e. The van der Waals surface area contributed by atoms with E-state index in [0.717, 1.165) is 8.95 Å². The minimum Gasteiger partial charge on any atom is -0.140 e. The van der Waals surface area contributed by atoms with Crippen LogP contribution in [-0.2, 0) is 0 Å². The highest BCUT2D eigenvalue weighted by Gasteiger charge is 2.23. The van der Waals surface area contributed by atoms with E-state index >= 15 is 0 Å².